The Hall–Kier alpha value is -2.96. The number of Topliss-reactive ketones (excluding diaryl/α,β-unsaturated/α-hetero) is 1. The number of carbonyl (C=O) groups is 1. The van der Waals surface area contributed by atoms with Gasteiger partial charge in [-0.15, -0.1) is 0 Å². The molecule has 0 N–H and O–H groups in total. The Bertz CT molecular complexity index is 1140. The number of fused-ring (bicyclic) bond motifs is 1. The molecule has 4 rings (SSSR count). The van der Waals surface area contributed by atoms with Gasteiger partial charge in [0.05, 0.1) is 18.2 Å². The van der Waals surface area contributed by atoms with Crippen LogP contribution in [0.25, 0.3) is 10.9 Å². The number of nitrogens with zero attached hydrogens (tertiary/aromatic N) is 2. The molecule has 0 amide bonds. The van der Waals surface area contributed by atoms with Crippen LogP contribution in [0.5, 0.6) is 5.88 Å². The lowest BCUT2D eigenvalue weighted by atomic mass is 9.71. The number of halogens is 3. The van der Waals surface area contributed by atoms with E-state index in [1.165, 1.54) is 19.2 Å². The van der Waals surface area contributed by atoms with Crippen LogP contribution >= 0.6 is 0 Å². The standard InChI is InChI=1S/C27H29F3N2O2/c1-3-17(14-25(33)20-8-11-26(34-2)32-16-20)18-4-6-19(7-5-18)22-12-13-31-24-10-9-21(15-23(22)24)27(28,29)30/h8-13,15-19H,3-7,14H2,1-2H3/t17-,18?,19?/m1/s1. The molecule has 1 aliphatic carbocycles. The summed E-state index contributed by atoms with van der Waals surface area (Å²) < 4.78 is 44.9. The van der Waals surface area contributed by atoms with Gasteiger partial charge in [-0.05, 0) is 79.3 Å². The van der Waals surface area contributed by atoms with Gasteiger partial charge in [0.15, 0.2) is 5.78 Å². The number of carbonyl (C=O) groups excluding carboxylic acids is 1. The fraction of sp³-hybridized carbons (Fsp3) is 0.444. The van der Waals surface area contributed by atoms with Crippen molar-refractivity contribution >= 4 is 16.7 Å². The number of methoxy groups -OCH3 is 1. The van der Waals surface area contributed by atoms with Gasteiger partial charge in [-0.25, -0.2) is 4.98 Å². The average Bonchev–Trinajstić information content (AvgIpc) is 2.86. The predicted octanol–water partition coefficient (Wildman–Crippen LogP) is 7.23. The van der Waals surface area contributed by atoms with Crippen molar-refractivity contribution < 1.29 is 22.7 Å². The monoisotopic (exact) mass is 470 g/mol. The molecule has 0 unspecified atom stereocenters. The van der Waals surface area contributed by atoms with Gasteiger partial charge in [-0.3, -0.25) is 9.78 Å². The lowest BCUT2D eigenvalue weighted by molar-refractivity contribution is -0.137. The molecule has 1 aromatic carbocycles. The maximum atomic E-state index is 13.3. The Morgan fingerprint density at radius 3 is 2.47 bits per heavy atom. The minimum atomic E-state index is -4.38. The van der Waals surface area contributed by atoms with Crippen molar-refractivity contribution in [2.45, 2.75) is 57.5 Å². The van der Waals surface area contributed by atoms with Crippen molar-refractivity contribution in [3.8, 4) is 5.88 Å². The lowest BCUT2D eigenvalue weighted by Gasteiger charge is -2.34. The van der Waals surface area contributed by atoms with Crippen LogP contribution in [-0.2, 0) is 6.18 Å². The Morgan fingerprint density at radius 2 is 1.85 bits per heavy atom. The first kappa shape index (κ1) is 24.2. The van der Waals surface area contributed by atoms with E-state index in [-0.39, 0.29) is 17.6 Å². The van der Waals surface area contributed by atoms with Gasteiger partial charge in [0, 0.05) is 35.8 Å². The third kappa shape index (κ3) is 5.24. The van der Waals surface area contributed by atoms with E-state index >= 15 is 0 Å². The third-order valence-electron chi connectivity index (χ3n) is 7.22. The van der Waals surface area contributed by atoms with Crippen LogP contribution in [0.15, 0.2) is 48.8 Å². The Labute approximate surface area is 197 Å². The van der Waals surface area contributed by atoms with Gasteiger partial charge < -0.3 is 4.74 Å². The molecule has 1 aliphatic rings. The quantitative estimate of drug-likeness (QED) is 0.342. The zero-order chi connectivity index (χ0) is 24.3. The van der Waals surface area contributed by atoms with Crippen molar-refractivity contribution in [1.29, 1.82) is 0 Å². The van der Waals surface area contributed by atoms with Crippen molar-refractivity contribution in [2.75, 3.05) is 7.11 Å². The first-order valence-corrected chi connectivity index (χ1v) is 11.8. The normalized spacial score (nSPS) is 19.7. The van der Waals surface area contributed by atoms with E-state index in [1.54, 1.807) is 24.5 Å². The van der Waals surface area contributed by atoms with E-state index in [0.717, 1.165) is 43.7 Å². The number of rotatable bonds is 7. The summed E-state index contributed by atoms with van der Waals surface area (Å²) in [5.74, 6) is 1.47. The highest BCUT2D eigenvalue weighted by Gasteiger charge is 2.32. The highest BCUT2D eigenvalue weighted by atomic mass is 19.4. The number of hydrogen-bond acceptors (Lipinski definition) is 4. The molecule has 1 saturated carbocycles. The molecule has 0 aliphatic heterocycles. The van der Waals surface area contributed by atoms with Crippen LogP contribution in [0.4, 0.5) is 13.2 Å². The summed E-state index contributed by atoms with van der Waals surface area (Å²) in [5.41, 5.74) is 1.50. The highest BCUT2D eigenvalue weighted by Crippen LogP contribution is 2.43. The molecular formula is C27H29F3N2O2. The molecule has 4 nitrogen and oxygen atoms in total. The van der Waals surface area contributed by atoms with Crippen LogP contribution in [-0.4, -0.2) is 22.9 Å². The highest BCUT2D eigenvalue weighted by molar-refractivity contribution is 5.96. The minimum absolute atomic E-state index is 0.0870. The predicted molar refractivity (Wildman–Crippen MR) is 125 cm³/mol. The minimum Gasteiger partial charge on any atom is -0.481 e. The lowest BCUT2D eigenvalue weighted by Crippen LogP contribution is -2.23. The van der Waals surface area contributed by atoms with Crippen LogP contribution in [0.3, 0.4) is 0 Å². The topological polar surface area (TPSA) is 52.1 Å². The molecule has 1 atom stereocenters. The summed E-state index contributed by atoms with van der Waals surface area (Å²) >= 11 is 0. The summed E-state index contributed by atoms with van der Waals surface area (Å²) in [4.78, 5) is 21.2. The second-order valence-corrected chi connectivity index (χ2v) is 9.13. The van der Waals surface area contributed by atoms with Gasteiger partial charge in [0.2, 0.25) is 5.88 Å². The van der Waals surface area contributed by atoms with E-state index in [9.17, 15) is 18.0 Å². The number of ketones is 1. The second kappa shape index (κ2) is 10.1. The van der Waals surface area contributed by atoms with Gasteiger partial charge in [-0.1, -0.05) is 13.3 Å². The van der Waals surface area contributed by atoms with Gasteiger partial charge in [-0.2, -0.15) is 13.2 Å². The Balaban J connectivity index is 1.44. The van der Waals surface area contributed by atoms with Gasteiger partial charge in [0.25, 0.3) is 0 Å². The first-order valence-electron chi connectivity index (χ1n) is 11.8. The SMILES string of the molecule is CC[C@H](CC(=O)c1ccc(OC)nc1)C1CCC(c2ccnc3ccc(C(F)(F)F)cc23)CC1. The number of pyridine rings is 2. The summed E-state index contributed by atoms with van der Waals surface area (Å²) in [6.45, 7) is 2.12. The number of alkyl halides is 3. The molecule has 0 spiro atoms. The van der Waals surface area contributed by atoms with Gasteiger partial charge in [0.1, 0.15) is 0 Å². The van der Waals surface area contributed by atoms with E-state index in [0.29, 0.717) is 34.7 Å². The summed E-state index contributed by atoms with van der Waals surface area (Å²) in [5, 5.41) is 0.593. The molecule has 180 valence electrons. The summed E-state index contributed by atoms with van der Waals surface area (Å²) in [6, 6.07) is 9.10. The van der Waals surface area contributed by atoms with Gasteiger partial charge >= 0.3 is 6.18 Å². The van der Waals surface area contributed by atoms with E-state index in [1.807, 2.05) is 6.07 Å². The fourth-order valence-electron chi connectivity index (χ4n) is 5.27. The molecule has 0 bridgehead atoms. The number of benzene rings is 1. The third-order valence-corrected chi connectivity index (χ3v) is 7.22. The number of ether oxygens (including phenoxy) is 1. The van der Waals surface area contributed by atoms with E-state index in [4.69, 9.17) is 4.74 Å². The second-order valence-electron chi connectivity index (χ2n) is 9.13. The van der Waals surface area contributed by atoms with Crippen molar-refractivity contribution in [3.05, 3.63) is 65.5 Å². The first-order chi connectivity index (χ1) is 16.3. The summed E-state index contributed by atoms with van der Waals surface area (Å²) in [7, 11) is 1.54. The van der Waals surface area contributed by atoms with Crippen molar-refractivity contribution in [1.82, 2.24) is 9.97 Å². The molecule has 0 radical (unpaired) electrons. The molecule has 2 heterocycles. The zero-order valence-electron chi connectivity index (χ0n) is 19.4. The summed E-state index contributed by atoms with van der Waals surface area (Å²) in [6.07, 6.45) is 3.98. The van der Waals surface area contributed by atoms with E-state index < -0.39 is 11.7 Å². The van der Waals surface area contributed by atoms with Crippen LogP contribution in [0.2, 0.25) is 0 Å². The van der Waals surface area contributed by atoms with Crippen LogP contribution in [0, 0.1) is 11.8 Å². The molecule has 0 saturated heterocycles. The molecule has 3 aromatic rings. The van der Waals surface area contributed by atoms with E-state index in [2.05, 4.69) is 16.9 Å². The molecular weight excluding hydrogens is 441 g/mol. The smallest absolute Gasteiger partial charge is 0.416 e. The van der Waals surface area contributed by atoms with Crippen molar-refractivity contribution in [2.24, 2.45) is 11.8 Å². The number of aromatic nitrogens is 2. The van der Waals surface area contributed by atoms with Crippen LogP contribution in [0.1, 0.15) is 72.9 Å². The molecule has 7 heteroatoms. The zero-order valence-corrected chi connectivity index (χ0v) is 19.4. The molecule has 1 fully saturated rings. The molecule has 2 aromatic heterocycles. The Kier molecular flexibility index (Phi) is 7.19. The van der Waals surface area contributed by atoms with Crippen molar-refractivity contribution in [3.63, 3.8) is 0 Å². The molecule has 34 heavy (non-hydrogen) atoms. The fourth-order valence-corrected chi connectivity index (χ4v) is 5.27. The van der Waals surface area contributed by atoms with Crippen LogP contribution < -0.4 is 4.74 Å². The maximum Gasteiger partial charge on any atom is 0.416 e. The maximum absolute atomic E-state index is 13.3. The largest absolute Gasteiger partial charge is 0.481 e. The average molecular weight is 471 g/mol. The number of hydrogen-bond donors (Lipinski definition) is 0. The Morgan fingerprint density at radius 1 is 1.09 bits per heavy atom.